The number of ether oxygens (including phenoxy) is 1. The van der Waals surface area contributed by atoms with E-state index in [0.717, 1.165) is 0 Å². The van der Waals surface area contributed by atoms with Crippen molar-refractivity contribution in [2.45, 2.75) is 6.42 Å². The van der Waals surface area contributed by atoms with Crippen LogP contribution in [0.2, 0.25) is 0 Å². The van der Waals surface area contributed by atoms with Gasteiger partial charge in [-0.1, -0.05) is 0 Å². The van der Waals surface area contributed by atoms with Crippen molar-refractivity contribution in [3.63, 3.8) is 0 Å². The second-order valence-corrected chi connectivity index (χ2v) is 3.96. The minimum Gasteiger partial charge on any atom is -0.397 e. The number of anilines is 1. The average molecular weight is 250 g/mol. The predicted molar refractivity (Wildman–Crippen MR) is 67.8 cm³/mol. The van der Waals surface area contributed by atoms with E-state index in [4.69, 9.17) is 15.7 Å². The van der Waals surface area contributed by atoms with Gasteiger partial charge in [0.2, 0.25) is 0 Å². The zero-order valence-electron chi connectivity index (χ0n) is 10.7. The van der Waals surface area contributed by atoms with E-state index in [0.29, 0.717) is 37.5 Å². The molecule has 1 aromatic heterocycles. The summed E-state index contributed by atoms with van der Waals surface area (Å²) in [6.45, 7) is 1.29. The smallest absolute Gasteiger partial charge is 0.270 e. The highest BCUT2D eigenvalue weighted by molar-refractivity contribution is 5.93. The lowest BCUT2D eigenvalue weighted by molar-refractivity contribution is 0.0690. The average Bonchev–Trinajstić information content (AvgIpc) is 2.68. The summed E-state index contributed by atoms with van der Waals surface area (Å²) in [5, 5.41) is 8.61. The first-order valence-corrected chi connectivity index (χ1v) is 5.67. The van der Waals surface area contributed by atoms with Gasteiger partial charge in [-0.3, -0.25) is 4.79 Å². The maximum absolute atomic E-state index is 12.3. The summed E-state index contributed by atoms with van der Waals surface area (Å²) < 4.78 is 6.65. The van der Waals surface area contributed by atoms with Crippen LogP contribution < -0.4 is 5.73 Å². The van der Waals surface area contributed by atoms with E-state index in [1.54, 1.807) is 35.9 Å². The van der Waals surface area contributed by atoms with Crippen LogP contribution in [0, 0.1) is 11.3 Å². The zero-order chi connectivity index (χ0) is 13.5. The molecule has 0 unspecified atom stereocenters. The maximum atomic E-state index is 12.3. The van der Waals surface area contributed by atoms with Crippen LogP contribution in [0.3, 0.4) is 0 Å². The van der Waals surface area contributed by atoms with Gasteiger partial charge in [0.25, 0.3) is 5.91 Å². The molecule has 98 valence electrons. The number of aromatic nitrogens is 1. The first-order chi connectivity index (χ1) is 8.60. The number of nitrogens with two attached hydrogens (primary N) is 1. The molecule has 1 rings (SSSR count). The molecule has 1 aromatic rings. The summed E-state index contributed by atoms with van der Waals surface area (Å²) in [4.78, 5) is 13.9. The largest absolute Gasteiger partial charge is 0.397 e. The minimum absolute atomic E-state index is 0.137. The van der Waals surface area contributed by atoms with E-state index in [-0.39, 0.29) is 5.91 Å². The monoisotopic (exact) mass is 250 g/mol. The molecule has 0 aliphatic carbocycles. The second kappa shape index (κ2) is 6.67. The SMILES string of the molecule is COCCN(CCC#N)C(=O)c1cc(N)cn1C. The van der Waals surface area contributed by atoms with E-state index in [9.17, 15) is 4.79 Å². The fraction of sp³-hybridized carbons (Fsp3) is 0.500. The Bertz CT molecular complexity index is 447. The first-order valence-electron chi connectivity index (χ1n) is 5.67. The molecule has 0 aromatic carbocycles. The van der Waals surface area contributed by atoms with Crippen molar-refractivity contribution >= 4 is 11.6 Å². The Kier molecular flexibility index (Phi) is 5.21. The van der Waals surface area contributed by atoms with E-state index in [2.05, 4.69) is 0 Å². The van der Waals surface area contributed by atoms with Crippen LogP contribution in [-0.4, -0.2) is 42.2 Å². The number of hydrogen-bond acceptors (Lipinski definition) is 4. The van der Waals surface area contributed by atoms with Crippen molar-refractivity contribution in [2.24, 2.45) is 7.05 Å². The Balaban J connectivity index is 2.81. The molecule has 18 heavy (non-hydrogen) atoms. The lowest BCUT2D eigenvalue weighted by atomic mass is 10.3. The van der Waals surface area contributed by atoms with E-state index < -0.39 is 0 Å². The summed E-state index contributed by atoms with van der Waals surface area (Å²) >= 11 is 0. The standard InChI is InChI=1S/C12H18N4O2/c1-15-9-10(14)8-11(15)12(17)16(5-3-4-13)6-7-18-2/h8-9H,3,5-7,14H2,1-2H3. The highest BCUT2D eigenvalue weighted by Crippen LogP contribution is 2.11. The predicted octanol–water partition coefficient (Wildman–Crippen LogP) is 0.610. The van der Waals surface area contributed by atoms with Crippen LogP contribution in [0.4, 0.5) is 5.69 Å². The Morgan fingerprint density at radius 3 is 2.83 bits per heavy atom. The van der Waals surface area contributed by atoms with Gasteiger partial charge in [-0.25, -0.2) is 0 Å². The number of nitrogens with zero attached hydrogens (tertiary/aromatic N) is 3. The third kappa shape index (κ3) is 3.50. The number of rotatable bonds is 6. The van der Waals surface area contributed by atoms with Gasteiger partial charge < -0.3 is 19.9 Å². The lowest BCUT2D eigenvalue weighted by Crippen LogP contribution is -2.35. The fourth-order valence-corrected chi connectivity index (χ4v) is 1.67. The molecule has 2 N–H and O–H groups in total. The number of methoxy groups -OCH3 is 1. The van der Waals surface area contributed by atoms with Gasteiger partial charge in [0, 0.05) is 33.4 Å². The van der Waals surface area contributed by atoms with Crippen LogP contribution in [0.5, 0.6) is 0 Å². The quantitative estimate of drug-likeness (QED) is 0.801. The number of hydrogen-bond donors (Lipinski definition) is 1. The van der Waals surface area contributed by atoms with Gasteiger partial charge in [-0.15, -0.1) is 0 Å². The molecule has 6 heteroatoms. The molecule has 0 atom stereocenters. The lowest BCUT2D eigenvalue weighted by Gasteiger charge is -2.21. The minimum atomic E-state index is -0.137. The number of amides is 1. The molecule has 0 fully saturated rings. The third-order valence-electron chi connectivity index (χ3n) is 2.59. The summed E-state index contributed by atoms with van der Waals surface area (Å²) in [5.41, 5.74) is 6.71. The molecule has 0 bridgehead atoms. The van der Waals surface area contributed by atoms with Crippen LogP contribution in [0.25, 0.3) is 0 Å². The summed E-state index contributed by atoms with van der Waals surface area (Å²) in [5.74, 6) is -0.137. The van der Waals surface area contributed by atoms with E-state index >= 15 is 0 Å². The summed E-state index contributed by atoms with van der Waals surface area (Å²) in [7, 11) is 3.34. The molecule has 1 amide bonds. The van der Waals surface area contributed by atoms with Crippen molar-refractivity contribution < 1.29 is 9.53 Å². The van der Waals surface area contributed by atoms with Crippen molar-refractivity contribution in [3.8, 4) is 6.07 Å². The summed E-state index contributed by atoms with van der Waals surface area (Å²) in [6.07, 6.45) is 1.99. The van der Waals surface area contributed by atoms with Gasteiger partial charge in [-0.2, -0.15) is 5.26 Å². The molecular formula is C12H18N4O2. The zero-order valence-corrected chi connectivity index (χ0v) is 10.7. The van der Waals surface area contributed by atoms with E-state index in [1.165, 1.54) is 0 Å². The second-order valence-electron chi connectivity index (χ2n) is 3.96. The first kappa shape index (κ1) is 14.1. The molecule has 0 spiro atoms. The van der Waals surface area contributed by atoms with Crippen LogP contribution in [-0.2, 0) is 11.8 Å². The Labute approximate surface area is 107 Å². The molecule has 0 radical (unpaired) electrons. The van der Waals surface area contributed by atoms with Crippen molar-refractivity contribution in [1.82, 2.24) is 9.47 Å². The summed E-state index contributed by atoms with van der Waals surface area (Å²) in [6, 6.07) is 3.67. The van der Waals surface area contributed by atoms with Gasteiger partial charge in [0.15, 0.2) is 0 Å². The fourth-order valence-electron chi connectivity index (χ4n) is 1.67. The third-order valence-corrected chi connectivity index (χ3v) is 2.59. The van der Waals surface area contributed by atoms with Gasteiger partial charge in [-0.05, 0) is 6.07 Å². The van der Waals surface area contributed by atoms with Gasteiger partial charge >= 0.3 is 0 Å². The molecule has 0 aliphatic heterocycles. The molecule has 1 heterocycles. The topological polar surface area (TPSA) is 84.3 Å². The number of carbonyl (C=O) groups is 1. The Morgan fingerprint density at radius 2 is 2.33 bits per heavy atom. The van der Waals surface area contributed by atoms with Crippen molar-refractivity contribution in [3.05, 3.63) is 18.0 Å². The normalized spacial score (nSPS) is 10.1. The molecule has 0 aliphatic rings. The number of nitriles is 1. The molecule has 0 saturated carbocycles. The van der Waals surface area contributed by atoms with Crippen molar-refractivity contribution in [1.29, 1.82) is 5.26 Å². The van der Waals surface area contributed by atoms with Crippen LogP contribution >= 0.6 is 0 Å². The number of carbonyl (C=O) groups excluding carboxylic acids is 1. The molecular weight excluding hydrogens is 232 g/mol. The van der Waals surface area contributed by atoms with Gasteiger partial charge in [0.1, 0.15) is 5.69 Å². The van der Waals surface area contributed by atoms with Crippen LogP contribution in [0.15, 0.2) is 12.3 Å². The number of nitrogen functional groups attached to an aromatic ring is 1. The molecule has 6 nitrogen and oxygen atoms in total. The maximum Gasteiger partial charge on any atom is 0.270 e. The number of aryl methyl sites for hydroxylation is 1. The van der Waals surface area contributed by atoms with E-state index in [1.807, 2.05) is 6.07 Å². The van der Waals surface area contributed by atoms with Crippen LogP contribution in [0.1, 0.15) is 16.9 Å². The Morgan fingerprint density at radius 1 is 1.61 bits per heavy atom. The molecule has 0 saturated heterocycles. The Hall–Kier alpha value is -2.00. The van der Waals surface area contributed by atoms with Gasteiger partial charge in [0.05, 0.1) is 24.8 Å². The highest BCUT2D eigenvalue weighted by Gasteiger charge is 2.18. The van der Waals surface area contributed by atoms with Crippen molar-refractivity contribution in [2.75, 3.05) is 32.5 Å². The highest BCUT2D eigenvalue weighted by atomic mass is 16.5.